The van der Waals surface area contributed by atoms with Gasteiger partial charge in [0.05, 0.1) is 23.4 Å². The largest absolute Gasteiger partial charge is 0.490 e. The van der Waals surface area contributed by atoms with Crippen LogP contribution in [0.2, 0.25) is 0 Å². The van der Waals surface area contributed by atoms with Gasteiger partial charge in [-0.1, -0.05) is 0 Å². The molecule has 0 unspecified atom stereocenters. The maximum absolute atomic E-state index is 11.6. The van der Waals surface area contributed by atoms with E-state index in [2.05, 4.69) is 30.5 Å². The first-order chi connectivity index (χ1) is 18.0. The van der Waals surface area contributed by atoms with Crippen LogP contribution < -0.4 is 24.8 Å². The standard InChI is InChI=1S/C25H28N6O5S/c32-37(33)11-7-31(8-12-37)19-14-21(15-19)36-20-3-1-17(2-4-20)29-25-26-6-5-23(30-25)28-18-13-22-24(27-16-18)35-10-9-34-22/h1-6,13,16,19,21H,7-12,14-15H2,(H2,26,28,29,30). The summed E-state index contributed by atoms with van der Waals surface area (Å²) >= 11 is 0. The minimum absolute atomic E-state index is 0.156. The number of fused-ring (bicyclic) bond motifs is 1. The number of benzene rings is 1. The molecule has 0 radical (unpaired) electrons. The van der Waals surface area contributed by atoms with Gasteiger partial charge in [-0.3, -0.25) is 4.90 Å². The highest BCUT2D eigenvalue weighted by Gasteiger charge is 2.37. The summed E-state index contributed by atoms with van der Waals surface area (Å²) in [4.78, 5) is 15.4. The van der Waals surface area contributed by atoms with E-state index in [9.17, 15) is 8.42 Å². The molecular weight excluding hydrogens is 496 g/mol. The second kappa shape index (κ2) is 10.0. The fraction of sp³-hybridized carbons (Fsp3) is 0.400. The number of hydrogen-bond donors (Lipinski definition) is 2. The molecule has 3 aliphatic rings. The third-order valence-corrected chi connectivity index (χ3v) is 8.31. The number of nitrogens with one attached hydrogen (secondary N) is 2. The molecule has 2 aromatic heterocycles. The van der Waals surface area contributed by atoms with Crippen molar-refractivity contribution in [2.45, 2.75) is 25.0 Å². The Morgan fingerprint density at radius 1 is 0.946 bits per heavy atom. The lowest BCUT2D eigenvalue weighted by atomic mass is 9.87. The number of hydrogen-bond acceptors (Lipinski definition) is 11. The predicted molar refractivity (Wildman–Crippen MR) is 138 cm³/mol. The fourth-order valence-electron chi connectivity index (χ4n) is 4.60. The smallest absolute Gasteiger partial charge is 0.257 e. The first kappa shape index (κ1) is 23.7. The van der Waals surface area contributed by atoms with Gasteiger partial charge in [-0.25, -0.2) is 18.4 Å². The molecule has 3 aromatic rings. The summed E-state index contributed by atoms with van der Waals surface area (Å²) in [6, 6.07) is 11.7. The van der Waals surface area contributed by atoms with Gasteiger partial charge in [0.2, 0.25) is 5.95 Å². The molecule has 0 bridgehead atoms. The van der Waals surface area contributed by atoms with Crippen molar-refractivity contribution in [2.75, 3.05) is 48.4 Å². The molecule has 37 heavy (non-hydrogen) atoms. The molecule has 194 valence electrons. The van der Waals surface area contributed by atoms with Crippen LogP contribution in [0, 0.1) is 0 Å². The Morgan fingerprint density at radius 2 is 1.73 bits per heavy atom. The number of ether oxygens (including phenoxy) is 3. The zero-order valence-electron chi connectivity index (χ0n) is 20.2. The van der Waals surface area contributed by atoms with E-state index in [4.69, 9.17) is 14.2 Å². The number of rotatable bonds is 7. The number of nitrogens with zero attached hydrogens (tertiary/aromatic N) is 4. The third kappa shape index (κ3) is 5.70. The normalized spacial score (nSPS) is 22.5. The number of anilines is 4. The van der Waals surface area contributed by atoms with Crippen molar-refractivity contribution in [3.8, 4) is 17.4 Å². The van der Waals surface area contributed by atoms with Crippen LogP contribution in [0.1, 0.15) is 12.8 Å². The molecule has 0 spiro atoms. The molecule has 12 heteroatoms. The van der Waals surface area contributed by atoms with E-state index in [1.807, 2.05) is 30.3 Å². The zero-order chi connectivity index (χ0) is 25.2. The maximum atomic E-state index is 11.6. The minimum atomic E-state index is -2.84. The lowest BCUT2D eigenvalue weighted by molar-refractivity contribution is 0.0212. The first-order valence-corrected chi connectivity index (χ1v) is 14.2. The minimum Gasteiger partial charge on any atom is -0.490 e. The zero-order valence-corrected chi connectivity index (χ0v) is 21.0. The van der Waals surface area contributed by atoms with Gasteiger partial charge in [0.15, 0.2) is 15.6 Å². The van der Waals surface area contributed by atoms with Gasteiger partial charge in [-0.2, -0.15) is 4.98 Å². The van der Waals surface area contributed by atoms with Gasteiger partial charge in [0.25, 0.3) is 5.88 Å². The fourth-order valence-corrected chi connectivity index (χ4v) is 5.83. The van der Waals surface area contributed by atoms with Gasteiger partial charge in [0, 0.05) is 49.9 Å². The van der Waals surface area contributed by atoms with Crippen molar-refractivity contribution in [3.63, 3.8) is 0 Å². The Hall–Kier alpha value is -3.64. The van der Waals surface area contributed by atoms with Crippen molar-refractivity contribution >= 4 is 33.0 Å². The molecule has 0 atom stereocenters. The summed E-state index contributed by atoms with van der Waals surface area (Å²) in [7, 11) is -2.84. The maximum Gasteiger partial charge on any atom is 0.257 e. The van der Waals surface area contributed by atoms with Crippen LogP contribution in [-0.2, 0) is 9.84 Å². The average Bonchev–Trinajstić information content (AvgIpc) is 2.88. The molecule has 1 saturated heterocycles. The number of pyridine rings is 1. The van der Waals surface area contributed by atoms with E-state index in [1.54, 1.807) is 18.5 Å². The van der Waals surface area contributed by atoms with Crippen molar-refractivity contribution in [3.05, 3.63) is 48.8 Å². The first-order valence-electron chi connectivity index (χ1n) is 12.3. The van der Waals surface area contributed by atoms with Crippen LogP contribution in [-0.4, -0.2) is 78.2 Å². The summed E-state index contributed by atoms with van der Waals surface area (Å²) in [5.41, 5.74) is 1.57. The Bertz CT molecular complexity index is 1350. The molecule has 2 fully saturated rings. The summed E-state index contributed by atoms with van der Waals surface area (Å²) in [6.07, 6.45) is 5.34. The highest BCUT2D eigenvalue weighted by Crippen LogP contribution is 2.32. The van der Waals surface area contributed by atoms with Crippen LogP contribution in [0.3, 0.4) is 0 Å². The van der Waals surface area contributed by atoms with Crippen molar-refractivity contribution in [1.29, 1.82) is 0 Å². The molecule has 11 nitrogen and oxygen atoms in total. The quantitative estimate of drug-likeness (QED) is 0.473. The SMILES string of the molecule is O=S1(=O)CCN(C2CC(Oc3ccc(Nc4nccc(Nc5cnc6c(c5)OCCO6)n4)cc3)C2)CC1. The molecule has 6 rings (SSSR count). The van der Waals surface area contributed by atoms with Crippen LogP contribution in [0.5, 0.6) is 17.4 Å². The van der Waals surface area contributed by atoms with Gasteiger partial charge < -0.3 is 24.8 Å². The predicted octanol–water partition coefficient (Wildman–Crippen LogP) is 2.77. The Balaban J connectivity index is 1.00. The van der Waals surface area contributed by atoms with Gasteiger partial charge in [-0.05, 0) is 30.3 Å². The third-order valence-electron chi connectivity index (χ3n) is 6.70. The number of aromatic nitrogens is 3. The van der Waals surface area contributed by atoms with E-state index >= 15 is 0 Å². The van der Waals surface area contributed by atoms with Crippen LogP contribution in [0.4, 0.5) is 23.1 Å². The summed E-state index contributed by atoms with van der Waals surface area (Å²) in [5.74, 6) is 3.49. The molecule has 1 saturated carbocycles. The van der Waals surface area contributed by atoms with E-state index < -0.39 is 9.84 Å². The van der Waals surface area contributed by atoms with Crippen molar-refractivity contribution < 1.29 is 22.6 Å². The van der Waals surface area contributed by atoms with E-state index in [0.717, 1.165) is 30.0 Å². The van der Waals surface area contributed by atoms with E-state index in [-0.39, 0.29) is 17.6 Å². The highest BCUT2D eigenvalue weighted by molar-refractivity contribution is 7.91. The monoisotopic (exact) mass is 524 g/mol. The van der Waals surface area contributed by atoms with Crippen LogP contribution in [0.25, 0.3) is 0 Å². The van der Waals surface area contributed by atoms with Crippen molar-refractivity contribution in [2.24, 2.45) is 0 Å². The van der Waals surface area contributed by atoms with Gasteiger partial charge in [0.1, 0.15) is 30.9 Å². The molecule has 2 N–H and O–H groups in total. The summed E-state index contributed by atoms with van der Waals surface area (Å²) in [5, 5.41) is 6.42. The van der Waals surface area contributed by atoms with E-state index in [1.165, 1.54) is 0 Å². The van der Waals surface area contributed by atoms with Crippen molar-refractivity contribution in [1.82, 2.24) is 19.9 Å². The lowest BCUT2D eigenvalue weighted by Gasteiger charge is -2.44. The summed E-state index contributed by atoms with van der Waals surface area (Å²) < 4.78 is 40.4. The Kier molecular flexibility index (Phi) is 6.43. The van der Waals surface area contributed by atoms with Gasteiger partial charge >= 0.3 is 0 Å². The summed E-state index contributed by atoms with van der Waals surface area (Å²) in [6.45, 7) is 2.26. The molecule has 2 aliphatic heterocycles. The van der Waals surface area contributed by atoms with Crippen LogP contribution in [0.15, 0.2) is 48.8 Å². The van der Waals surface area contributed by atoms with E-state index in [0.29, 0.717) is 55.7 Å². The number of sulfone groups is 1. The Morgan fingerprint density at radius 3 is 2.54 bits per heavy atom. The van der Waals surface area contributed by atoms with Crippen LogP contribution >= 0.6 is 0 Å². The molecule has 4 heterocycles. The topological polar surface area (TPSA) is 128 Å². The lowest BCUT2D eigenvalue weighted by Crippen LogP contribution is -2.53. The highest BCUT2D eigenvalue weighted by atomic mass is 32.2. The molecule has 0 amide bonds. The second-order valence-corrected chi connectivity index (χ2v) is 11.6. The second-order valence-electron chi connectivity index (χ2n) is 9.32. The molecular formula is C25H28N6O5S. The van der Waals surface area contributed by atoms with Gasteiger partial charge in [-0.15, -0.1) is 0 Å². The average molecular weight is 525 g/mol. The Labute approximate surface area is 215 Å². The molecule has 1 aromatic carbocycles. The molecule has 1 aliphatic carbocycles.